The molecule has 1 N–H and O–H groups in total. The van der Waals surface area contributed by atoms with Crippen molar-refractivity contribution in [1.82, 2.24) is 9.97 Å². The van der Waals surface area contributed by atoms with Crippen molar-refractivity contribution in [2.75, 3.05) is 18.5 Å². The Labute approximate surface area is 120 Å². The fourth-order valence-corrected chi connectivity index (χ4v) is 1.64. The molecule has 0 saturated heterocycles. The molecule has 0 aliphatic heterocycles. The summed E-state index contributed by atoms with van der Waals surface area (Å²) in [6.45, 7) is 2.51. The molecule has 1 aromatic carbocycles. The van der Waals surface area contributed by atoms with Crippen molar-refractivity contribution in [3.05, 3.63) is 47.8 Å². The summed E-state index contributed by atoms with van der Waals surface area (Å²) in [5.74, 6) is 0.669. The van der Waals surface area contributed by atoms with Crippen molar-refractivity contribution in [2.45, 2.75) is 13.1 Å². The Balaban J connectivity index is 1.85. The molecule has 0 amide bonds. The molecule has 2 aromatic rings. The van der Waals surface area contributed by atoms with Crippen LogP contribution in [0.1, 0.15) is 11.3 Å². The first-order valence-electron chi connectivity index (χ1n) is 6.29. The van der Waals surface area contributed by atoms with Gasteiger partial charge in [-0.05, 0) is 24.6 Å². The predicted molar refractivity (Wildman–Crippen MR) is 72.2 cm³/mol. The van der Waals surface area contributed by atoms with E-state index in [1.165, 1.54) is 0 Å². The summed E-state index contributed by atoms with van der Waals surface area (Å²) in [6, 6.07) is 8.33. The highest BCUT2D eigenvalue weighted by Crippen LogP contribution is 2.27. The lowest BCUT2D eigenvalue weighted by atomic mass is 10.2. The molecule has 0 atom stereocenters. The number of anilines is 1. The van der Waals surface area contributed by atoms with Gasteiger partial charge in [0.2, 0.25) is 5.95 Å². The van der Waals surface area contributed by atoms with Gasteiger partial charge in [0, 0.05) is 6.20 Å². The van der Waals surface area contributed by atoms with Gasteiger partial charge in [-0.2, -0.15) is 13.2 Å². The molecular weight excluding hydrogens is 283 g/mol. The molecule has 0 saturated carbocycles. The molecule has 0 fully saturated rings. The van der Waals surface area contributed by atoms with Gasteiger partial charge in [-0.1, -0.05) is 18.2 Å². The van der Waals surface area contributed by atoms with Crippen LogP contribution in [-0.2, 0) is 6.18 Å². The minimum Gasteiger partial charge on any atom is -0.491 e. The molecule has 0 spiro atoms. The molecule has 21 heavy (non-hydrogen) atoms. The average molecular weight is 297 g/mol. The molecule has 1 aromatic heterocycles. The lowest BCUT2D eigenvalue weighted by Crippen LogP contribution is -2.16. The normalized spacial score (nSPS) is 11.2. The van der Waals surface area contributed by atoms with E-state index in [0.29, 0.717) is 13.2 Å². The highest BCUT2D eigenvalue weighted by Gasteiger charge is 2.32. The van der Waals surface area contributed by atoms with Gasteiger partial charge in [-0.3, -0.25) is 0 Å². The van der Waals surface area contributed by atoms with Crippen LogP contribution in [0.3, 0.4) is 0 Å². The van der Waals surface area contributed by atoms with Gasteiger partial charge in [0.15, 0.2) is 0 Å². The fraction of sp³-hybridized carbons (Fsp3) is 0.286. The molecule has 0 radical (unpaired) electrons. The van der Waals surface area contributed by atoms with Crippen molar-refractivity contribution >= 4 is 5.95 Å². The summed E-state index contributed by atoms with van der Waals surface area (Å²) < 4.78 is 43.0. The quantitative estimate of drug-likeness (QED) is 0.860. The molecular formula is C14H14F3N3O. The van der Waals surface area contributed by atoms with Crippen LogP contribution in [0.2, 0.25) is 0 Å². The van der Waals surface area contributed by atoms with Gasteiger partial charge in [0.25, 0.3) is 0 Å². The maximum atomic E-state index is 12.5. The van der Waals surface area contributed by atoms with Crippen LogP contribution >= 0.6 is 0 Å². The summed E-state index contributed by atoms with van der Waals surface area (Å²) in [4.78, 5) is 7.14. The third-order valence-corrected chi connectivity index (χ3v) is 2.68. The number of halogens is 3. The summed E-state index contributed by atoms with van der Waals surface area (Å²) in [5, 5.41) is 2.70. The Morgan fingerprint density at radius 3 is 2.67 bits per heavy atom. The van der Waals surface area contributed by atoms with E-state index in [1.54, 1.807) is 0 Å². The number of hydrogen-bond acceptors (Lipinski definition) is 4. The minimum atomic E-state index is -4.48. The maximum absolute atomic E-state index is 12.5. The van der Waals surface area contributed by atoms with E-state index in [1.807, 2.05) is 31.2 Å². The van der Waals surface area contributed by atoms with Gasteiger partial charge in [0.05, 0.1) is 6.54 Å². The Morgan fingerprint density at radius 2 is 1.95 bits per heavy atom. The van der Waals surface area contributed by atoms with Gasteiger partial charge >= 0.3 is 6.18 Å². The van der Waals surface area contributed by atoms with E-state index in [-0.39, 0.29) is 5.95 Å². The summed E-state index contributed by atoms with van der Waals surface area (Å²) in [7, 11) is 0. The summed E-state index contributed by atoms with van der Waals surface area (Å²) in [6.07, 6.45) is -3.41. The lowest BCUT2D eigenvalue weighted by Gasteiger charge is -2.10. The van der Waals surface area contributed by atoms with Crippen molar-refractivity contribution in [3.63, 3.8) is 0 Å². The van der Waals surface area contributed by atoms with E-state index in [2.05, 4.69) is 15.3 Å². The molecule has 7 heteroatoms. The summed E-state index contributed by atoms with van der Waals surface area (Å²) in [5.41, 5.74) is 0.0210. The first-order valence-corrected chi connectivity index (χ1v) is 6.29. The zero-order valence-electron chi connectivity index (χ0n) is 11.3. The van der Waals surface area contributed by atoms with Crippen molar-refractivity contribution in [3.8, 4) is 5.75 Å². The van der Waals surface area contributed by atoms with Crippen LogP contribution in [0.15, 0.2) is 36.5 Å². The number of nitrogens with zero attached hydrogens (tertiary/aromatic N) is 2. The molecule has 0 aliphatic carbocycles. The Kier molecular flexibility index (Phi) is 4.62. The zero-order valence-corrected chi connectivity index (χ0v) is 11.3. The number of aromatic nitrogens is 2. The van der Waals surface area contributed by atoms with Crippen LogP contribution in [0, 0.1) is 6.92 Å². The summed E-state index contributed by atoms with van der Waals surface area (Å²) >= 11 is 0. The van der Waals surface area contributed by atoms with Crippen LogP contribution < -0.4 is 10.1 Å². The van der Waals surface area contributed by atoms with Crippen molar-refractivity contribution in [1.29, 1.82) is 0 Å². The highest BCUT2D eigenvalue weighted by atomic mass is 19.4. The number of rotatable bonds is 5. The number of ether oxygens (including phenoxy) is 1. The zero-order chi connectivity index (χ0) is 15.3. The third-order valence-electron chi connectivity index (χ3n) is 2.68. The van der Waals surface area contributed by atoms with E-state index >= 15 is 0 Å². The van der Waals surface area contributed by atoms with Crippen LogP contribution in [0.5, 0.6) is 5.75 Å². The highest BCUT2D eigenvalue weighted by molar-refractivity contribution is 5.32. The number of hydrogen-bond donors (Lipinski definition) is 1. The van der Waals surface area contributed by atoms with Gasteiger partial charge in [-0.25, -0.2) is 9.97 Å². The Hall–Kier alpha value is -2.31. The second-order valence-electron chi connectivity index (χ2n) is 4.30. The first kappa shape index (κ1) is 15.1. The van der Waals surface area contributed by atoms with E-state index in [0.717, 1.165) is 23.6 Å². The van der Waals surface area contributed by atoms with Gasteiger partial charge in [-0.15, -0.1) is 0 Å². The van der Waals surface area contributed by atoms with Crippen molar-refractivity contribution in [2.24, 2.45) is 0 Å². The van der Waals surface area contributed by atoms with Crippen LogP contribution in [-0.4, -0.2) is 23.1 Å². The van der Waals surface area contributed by atoms with Crippen molar-refractivity contribution < 1.29 is 17.9 Å². The average Bonchev–Trinajstić information content (AvgIpc) is 2.45. The third kappa shape index (κ3) is 4.34. The Bertz CT molecular complexity index is 602. The van der Waals surface area contributed by atoms with E-state index < -0.39 is 11.9 Å². The minimum absolute atomic E-state index is 0.0711. The first-order chi connectivity index (χ1) is 9.97. The topological polar surface area (TPSA) is 47.0 Å². The van der Waals surface area contributed by atoms with Crippen LogP contribution in [0.4, 0.5) is 19.1 Å². The molecule has 4 nitrogen and oxygen atoms in total. The predicted octanol–water partition coefficient (Wildman–Crippen LogP) is 3.29. The van der Waals surface area contributed by atoms with E-state index in [9.17, 15) is 13.2 Å². The largest absolute Gasteiger partial charge is 0.491 e. The SMILES string of the molecule is Cc1ccccc1OCCNc1nccc(C(F)(F)F)n1. The second-order valence-corrected chi connectivity index (χ2v) is 4.30. The van der Waals surface area contributed by atoms with Gasteiger partial charge in [0.1, 0.15) is 18.1 Å². The number of nitrogens with one attached hydrogen (secondary N) is 1. The molecule has 2 rings (SSSR count). The Morgan fingerprint density at radius 1 is 1.19 bits per heavy atom. The lowest BCUT2D eigenvalue weighted by molar-refractivity contribution is -0.141. The number of para-hydroxylation sites is 1. The molecule has 1 heterocycles. The number of aryl methyl sites for hydroxylation is 1. The van der Waals surface area contributed by atoms with Gasteiger partial charge < -0.3 is 10.1 Å². The molecule has 0 bridgehead atoms. The number of benzene rings is 1. The molecule has 0 unspecified atom stereocenters. The maximum Gasteiger partial charge on any atom is 0.433 e. The van der Waals surface area contributed by atoms with E-state index in [4.69, 9.17) is 4.74 Å². The standard InChI is InChI=1S/C14H14F3N3O/c1-10-4-2-3-5-11(10)21-9-8-19-13-18-7-6-12(20-13)14(15,16)17/h2-7H,8-9H2,1H3,(H,18,19,20). The molecule has 112 valence electrons. The second kappa shape index (κ2) is 6.43. The number of alkyl halides is 3. The fourth-order valence-electron chi connectivity index (χ4n) is 1.64. The van der Waals surface area contributed by atoms with Crippen LogP contribution in [0.25, 0.3) is 0 Å². The monoisotopic (exact) mass is 297 g/mol. The molecule has 0 aliphatic rings. The smallest absolute Gasteiger partial charge is 0.433 e.